The first-order valence-electron chi connectivity index (χ1n) is 7.41. The number of para-hydroxylation sites is 1. The molecular formula is C16H17ClN2O5S2. The Morgan fingerprint density at radius 2 is 1.85 bits per heavy atom. The first kappa shape index (κ1) is 20.2. The van der Waals surface area contributed by atoms with Crippen LogP contribution < -0.4 is 4.72 Å². The molecule has 1 aromatic carbocycles. The number of anilines is 1. The van der Waals surface area contributed by atoms with Crippen molar-refractivity contribution in [1.29, 1.82) is 0 Å². The number of esters is 1. The monoisotopic (exact) mass is 416 g/mol. The summed E-state index contributed by atoms with van der Waals surface area (Å²) in [6, 6.07) is 8.82. The third kappa shape index (κ3) is 4.75. The van der Waals surface area contributed by atoms with Gasteiger partial charge in [0, 0.05) is 14.1 Å². The summed E-state index contributed by atoms with van der Waals surface area (Å²) in [5.74, 6) is -1.19. The summed E-state index contributed by atoms with van der Waals surface area (Å²) in [6.45, 7) is 1.45. The number of rotatable bonds is 6. The van der Waals surface area contributed by atoms with Crippen molar-refractivity contribution in [2.75, 3.05) is 18.8 Å². The lowest BCUT2D eigenvalue weighted by atomic mass is 10.2. The number of thiophene rings is 1. The number of hydrogen-bond donors (Lipinski definition) is 1. The number of halogens is 1. The molecule has 0 aliphatic rings. The Bertz CT molecular complexity index is 924. The van der Waals surface area contributed by atoms with Crippen LogP contribution in [0.1, 0.15) is 17.3 Å². The maximum atomic E-state index is 12.4. The summed E-state index contributed by atoms with van der Waals surface area (Å²) in [6.07, 6.45) is -1.00. The molecule has 1 heterocycles. The Balaban J connectivity index is 2.25. The van der Waals surface area contributed by atoms with Gasteiger partial charge in [0.05, 0.1) is 15.6 Å². The van der Waals surface area contributed by atoms with Crippen molar-refractivity contribution in [1.82, 2.24) is 4.90 Å². The molecule has 0 unspecified atom stereocenters. The van der Waals surface area contributed by atoms with Gasteiger partial charge in [-0.1, -0.05) is 23.7 Å². The molecule has 2 rings (SSSR count). The molecule has 0 spiro atoms. The third-order valence-corrected chi connectivity index (χ3v) is 6.37. The highest BCUT2D eigenvalue weighted by Crippen LogP contribution is 2.28. The van der Waals surface area contributed by atoms with Gasteiger partial charge in [0.25, 0.3) is 15.9 Å². The van der Waals surface area contributed by atoms with Gasteiger partial charge in [0.15, 0.2) is 6.10 Å². The van der Waals surface area contributed by atoms with Crippen LogP contribution in [-0.2, 0) is 19.6 Å². The lowest BCUT2D eigenvalue weighted by molar-refractivity contribution is -0.137. The normalized spacial score (nSPS) is 12.3. The van der Waals surface area contributed by atoms with Gasteiger partial charge in [-0.2, -0.15) is 0 Å². The maximum Gasteiger partial charge on any atom is 0.341 e. The fraction of sp³-hybridized carbons (Fsp3) is 0.250. The second kappa shape index (κ2) is 8.07. The zero-order valence-electron chi connectivity index (χ0n) is 14.2. The molecule has 0 saturated heterocycles. The summed E-state index contributed by atoms with van der Waals surface area (Å²) in [5.41, 5.74) is 0.0451. The average molecular weight is 417 g/mol. The molecule has 1 amide bonds. The van der Waals surface area contributed by atoms with Crippen LogP contribution in [-0.4, -0.2) is 45.4 Å². The van der Waals surface area contributed by atoms with E-state index in [1.807, 2.05) is 0 Å². The van der Waals surface area contributed by atoms with Crippen molar-refractivity contribution in [3.05, 3.63) is 46.3 Å². The van der Waals surface area contributed by atoms with Crippen LogP contribution in [0.5, 0.6) is 0 Å². The summed E-state index contributed by atoms with van der Waals surface area (Å²) >= 11 is 6.67. The van der Waals surface area contributed by atoms with Crippen molar-refractivity contribution >= 4 is 50.5 Å². The minimum Gasteiger partial charge on any atom is -0.449 e. The number of carbonyl (C=O) groups excluding carboxylic acids is 2. The van der Waals surface area contributed by atoms with E-state index in [4.69, 9.17) is 16.3 Å². The molecule has 1 N–H and O–H groups in total. The average Bonchev–Trinajstić information content (AvgIpc) is 3.01. The number of benzene rings is 1. The number of nitrogens with zero attached hydrogens (tertiary/aromatic N) is 1. The van der Waals surface area contributed by atoms with Crippen LogP contribution in [0.2, 0.25) is 4.34 Å². The summed E-state index contributed by atoms with van der Waals surface area (Å²) < 4.78 is 32.7. The Morgan fingerprint density at radius 1 is 1.19 bits per heavy atom. The van der Waals surface area contributed by atoms with E-state index < -0.39 is 22.1 Å². The van der Waals surface area contributed by atoms with Crippen LogP contribution in [0.15, 0.2) is 40.6 Å². The number of sulfonamides is 1. The van der Waals surface area contributed by atoms with E-state index in [1.165, 1.54) is 36.1 Å². The predicted molar refractivity (Wildman–Crippen MR) is 100 cm³/mol. The third-order valence-electron chi connectivity index (χ3n) is 3.28. The fourth-order valence-corrected chi connectivity index (χ4v) is 4.59. The van der Waals surface area contributed by atoms with Crippen molar-refractivity contribution in [3.8, 4) is 0 Å². The molecule has 0 saturated carbocycles. The van der Waals surface area contributed by atoms with Crippen molar-refractivity contribution in [3.63, 3.8) is 0 Å². The highest BCUT2D eigenvalue weighted by Gasteiger charge is 2.24. The Hall–Kier alpha value is -2.10. The van der Waals surface area contributed by atoms with Crippen LogP contribution in [0, 0.1) is 0 Å². The summed E-state index contributed by atoms with van der Waals surface area (Å²) in [7, 11) is -0.821. The minimum absolute atomic E-state index is 0.00265. The molecule has 7 nitrogen and oxygen atoms in total. The molecule has 0 radical (unpaired) electrons. The van der Waals surface area contributed by atoms with Gasteiger partial charge in [0.2, 0.25) is 0 Å². The number of hydrogen-bond acceptors (Lipinski definition) is 6. The number of carbonyl (C=O) groups is 2. The van der Waals surface area contributed by atoms with E-state index in [9.17, 15) is 18.0 Å². The van der Waals surface area contributed by atoms with E-state index in [0.717, 1.165) is 11.3 Å². The molecule has 140 valence electrons. The van der Waals surface area contributed by atoms with Crippen LogP contribution >= 0.6 is 22.9 Å². The lowest BCUT2D eigenvalue weighted by Crippen LogP contribution is -2.35. The molecule has 0 bridgehead atoms. The number of amides is 1. The SMILES string of the molecule is C[C@@H](OC(=O)c1ccccc1NS(=O)(=O)c1ccc(Cl)s1)C(=O)N(C)C. The minimum atomic E-state index is -3.91. The second-order valence-electron chi connectivity index (χ2n) is 5.49. The zero-order chi connectivity index (χ0) is 19.5. The first-order chi connectivity index (χ1) is 12.1. The number of likely N-dealkylation sites (N-methyl/N-ethyl adjacent to an activating group) is 1. The maximum absolute atomic E-state index is 12.4. The van der Waals surface area contributed by atoms with Gasteiger partial charge in [-0.25, -0.2) is 13.2 Å². The molecule has 26 heavy (non-hydrogen) atoms. The molecule has 1 atom stereocenters. The van der Waals surface area contributed by atoms with Gasteiger partial charge in [0.1, 0.15) is 4.21 Å². The topological polar surface area (TPSA) is 92.8 Å². The summed E-state index contributed by atoms with van der Waals surface area (Å²) in [4.78, 5) is 25.5. The molecule has 10 heteroatoms. The van der Waals surface area contributed by atoms with Crippen molar-refractivity contribution in [2.45, 2.75) is 17.2 Å². The second-order valence-corrected chi connectivity index (χ2v) is 9.11. The Kier molecular flexibility index (Phi) is 6.27. The van der Waals surface area contributed by atoms with Crippen LogP contribution in [0.4, 0.5) is 5.69 Å². The fourth-order valence-electron chi connectivity index (χ4n) is 2.03. The van der Waals surface area contributed by atoms with Crippen molar-refractivity contribution < 1.29 is 22.7 Å². The van der Waals surface area contributed by atoms with Crippen LogP contribution in [0.25, 0.3) is 0 Å². The van der Waals surface area contributed by atoms with E-state index >= 15 is 0 Å². The number of ether oxygens (including phenoxy) is 1. The Labute approximate surface area is 160 Å². The highest BCUT2D eigenvalue weighted by atomic mass is 35.5. The van der Waals surface area contributed by atoms with E-state index in [1.54, 1.807) is 26.2 Å². The van der Waals surface area contributed by atoms with Gasteiger partial charge < -0.3 is 9.64 Å². The molecule has 1 aromatic heterocycles. The van der Waals surface area contributed by atoms with Gasteiger partial charge in [-0.15, -0.1) is 11.3 Å². The standard InChI is InChI=1S/C16H17ClN2O5S2/c1-10(15(20)19(2)3)24-16(21)11-6-4-5-7-12(11)18-26(22,23)14-9-8-13(17)25-14/h4-10,18H,1-3H3/t10-/m1/s1. The number of nitrogens with one attached hydrogen (secondary N) is 1. The molecule has 0 aliphatic heterocycles. The van der Waals surface area contributed by atoms with E-state index in [0.29, 0.717) is 4.34 Å². The van der Waals surface area contributed by atoms with E-state index in [-0.39, 0.29) is 21.4 Å². The predicted octanol–water partition coefficient (Wildman–Crippen LogP) is 2.84. The molecular weight excluding hydrogens is 400 g/mol. The van der Waals surface area contributed by atoms with Gasteiger partial charge in [-0.05, 0) is 31.2 Å². The van der Waals surface area contributed by atoms with Crippen LogP contribution in [0.3, 0.4) is 0 Å². The summed E-state index contributed by atoms with van der Waals surface area (Å²) in [5, 5.41) is 0. The largest absolute Gasteiger partial charge is 0.449 e. The quantitative estimate of drug-likeness (QED) is 0.731. The van der Waals surface area contributed by atoms with Gasteiger partial charge in [-0.3, -0.25) is 9.52 Å². The zero-order valence-corrected chi connectivity index (χ0v) is 16.6. The Morgan fingerprint density at radius 3 is 2.42 bits per heavy atom. The molecule has 0 aliphatic carbocycles. The molecule has 2 aromatic rings. The lowest BCUT2D eigenvalue weighted by Gasteiger charge is -2.18. The molecule has 0 fully saturated rings. The van der Waals surface area contributed by atoms with Gasteiger partial charge >= 0.3 is 5.97 Å². The van der Waals surface area contributed by atoms with Crippen molar-refractivity contribution in [2.24, 2.45) is 0 Å². The first-order valence-corrected chi connectivity index (χ1v) is 10.1. The van der Waals surface area contributed by atoms with E-state index in [2.05, 4.69) is 4.72 Å². The highest BCUT2D eigenvalue weighted by molar-refractivity contribution is 7.94. The smallest absolute Gasteiger partial charge is 0.341 e.